The number of phenols is 1. The van der Waals surface area contributed by atoms with E-state index in [1.165, 1.54) is 13.2 Å². The lowest BCUT2D eigenvalue weighted by molar-refractivity contribution is -0.189. The minimum absolute atomic E-state index is 0.0102. The van der Waals surface area contributed by atoms with E-state index >= 15 is 0 Å². The molecule has 9 rings (SSSR count). The van der Waals surface area contributed by atoms with Crippen LogP contribution in [-0.4, -0.2) is 52.5 Å². The van der Waals surface area contributed by atoms with Gasteiger partial charge in [0, 0.05) is 28.2 Å². The van der Waals surface area contributed by atoms with E-state index in [1.54, 1.807) is 43.3 Å². The Morgan fingerprint density at radius 3 is 2.45 bits per heavy atom. The summed E-state index contributed by atoms with van der Waals surface area (Å²) in [6, 6.07) is 11.5. The molecule has 3 heterocycles. The third-order valence-corrected chi connectivity index (χ3v) is 10.2. The molecule has 6 atom stereocenters. The molecule has 0 aromatic heterocycles. The highest BCUT2D eigenvalue weighted by molar-refractivity contribution is 6.30. The minimum Gasteiger partial charge on any atom is -0.507 e. The van der Waals surface area contributed by atoms with Gasteiger partial charge in [-0.3, -0.25) is 14.4 Å². The molecule has 0 amide bonds. The molecule has 3 aromatic rings. The number of methoxy groups -OCH3 is 1. The van der Waals surface area contributed by atoms with E-state index in [4.69, 9.17) is 18.9 Å². The van der Waals surface area contributed by atoms with Crippen LogP contribution in [0.15, 0.2) is 48.0 Å². The third-order valence-electron chi connectivity index (χ3n) is 10.2. The fourth-order valence-corrected chi connectivity index (χ4v) is 8.87. The maximum atomic E-state index is 14.2. The number of aryl methyl sites for hydroxylation is 1. The molecule has 42 heavy (non-hydrogen) atoms. The van der Waals surface area contributed by atoms with Gasteiger partial charge in [-0.2, -0.15) is 0 Å². The van der Waals surface area contributed by atoms with Gasteiger partial charge in [0.05, 0.1) is 35.5 Å². The van der Waals surface area contributed by atoms with Gasteiger partial charge in [-0.25, -0.2) is 0 Å². The quantitative estimate of drug-likeness (QED) is 0.329. The van der Waals surface area contributed by atoms with Crippen molar-refractivity contribution in [3.63, 3.8) is 0 Å². The van der Waals surface area contributed by atoms with Crippen molar-refractivity contribution in [3.05, 3.63) is 92.5 Å². The average molecular weight is 565 g/mol. The first-order valence-corrected chi connectivity index (χ1v) is 13.8. The molecule has 3 aromatic carbocycles. The zero-order chi connectivity index (χ0) is 29.2. The maximum absolute atomic E-state index is 14.2. The number of hydrogen-bond donors (Lipinski definition) is 2. The van der Waals surface area contributed by atoms with Gasteiger partial charge in [0.25, 0.3) is 5.79 Å². The number of aliphatic hydroxyl groups excluding tert-OH is 1. The molecule has 3 aliphatic heterocycles. The molecule has 0 bridgehead atoms. The second-order valence-corrected chi connectivity index (χ2v) is 12.2. The van der Waals surface area contributed by atoms with Crippen LogP contribution in [0.25, 0.3) is 5.76 Å². The summed E-state index contributed by atoms with van der Waals surface area (Å²) in [7, 11) is 1.47. The van der Waals surface area contributed by atoms with Crippen LogP contribution < -0.4 is 9.47 Å². The van der Waals surface area contributed by atoms with Crippen molar-refractivity contribution >= 4 is 23.1 Å². The second kappa shape index (κ2) is 6.94. The number of rotatable bonds is 1. The fourth-order valence-electron chi connectivity index (χ4n) is 8.87. The van der Waals surface area contributed by atoms with Gasteiger partial charge >= 0.3 is 0 Å². The number of aromatic hydroxyl groups is 1. The standard InChI is InChI=1S/C33H24O9/c1-12-10-15-20(18(34)11-12)25(36)21-14(24(15)35)8-9-17-28(21)41-33-16-6-5-7-19(39-4)22(16)26(37)23-27(38)30-31(3,42-30)29(13(2)40-33)32(17,23)33/h5-11,13,29-30,34,37H,1-4H3/t13-,29+,30+,31-,32-,33+/m1/s1. The molecule has 3 fully saturated rings. The van der Waals surface area contributed by atoms with Crippen molar-refractivity contribution < 1.29 is 43.5 Å². The summed E-state index contributed by atoms with van der Waals surface area (Å²) >= 11 is 0. The van der Waals surface area contributed by atoms with Gasteiger partial charge in [0.15, 0.2) is 17.7 Å². The van der Waals surface area contributed by atoms with E-state index in [1.807, 2.05) is 13.8 Å². The molecular formula is C33H24O9. The Morgan fingerprint density at radius 1 is 0.905 bits per heavy atom. The average Bonchev–Trinajstić information content (AvgIpc) is 3.46. The number of epoxide rings is 1. The normalized spacial score (nSPS) is 34.0. The van der Waals surface area contributed by atoms with Gasteiger partial charge < -0.3 is 29.2 Å². The van der Waals surface area contributed by atoms with Crippen LogP contribution >= 0.6 is 0 Å². The molecule has 210 valence electrons. The van der Waals surface area contributed by atoms with Crippen LogP contribution in [0.3, 0.4) is 0 Å². The van der Waals surface area contributed by atoms with Crippen LogP contribution in [0.4, 0.5) is 0 Å². The minimum atomic E-state index is -1.69. The molecule has 9 nitrogen and oxygen atoms in total. The SMILES string of the molecule is COc1cccc2c1C(O)=C1C(=O)[C@@H]3O[C@]3(C)[C@@H]3[C@@H](C)O[C@]24Oc2c(ccc5c2C(=O)c2c(O)cc(C)cc2C5=O)[C@@]134. The van der Waals surface area contributed by atoms with E-state index < -0.39 is 46.5 Å². The predicted octanol–water partition coefficient (Wildman–Crippen LogP) is 4.03. The zero-order valence-electron chi connectivity index (χ0n) is 23.0. The van der Waals surface area contributed by atoms with Crippen LogP contribution in [0.5, 0.6) is 17.2 Å². The topological polar surface area (TPSA) is 132 Å². The van der Waals surface area contributed by atoms with Gasteiger partial charge in [-0.1, -0.05) is 18.2 Å². The third kappa shape index (κ3) is 2.21. The number of phenolic OH excluding ortho intramolecular Hbond substituents is 1. The molecule has 0 radical (unpaired) electrons. The number of benzene rings is 3. The highest BCUT2D eigenvalue weighted by atomic mass is 16.7. The summed E-state index contributed by atoms with van der Waals surface area (Å²) < 4.78 is 25.4. The van der Waals surface area contributed by atoms with Crippen LogP contribution in [0.1, 0.15) is 67.9 Å². The van der Waals surface area contributed by atoms with E-state index in [0.717, 1.165) is 0 Å². The summed E-state index contributed by atoms with van der Waals surface area (Å²) in [5, 5.41) is 22.8. The van der Waals surface area contributed by atoms with Crippen LogP contribution in [0.2, 0.25) is 0 Å². The number of aliphatic hydroxyl groups is 1. The summed E-state index contributed by atoms with van der Waals surface area (Å²) in [5.41, 5.74) is -0.315. The maximum Gasteiger partial charge on any atom is 0.253 e. The first-order chi connectivity index (χ1) is 20.0. The lowest BCUT2D eigenvalue weighted by Gasteiger charge is -2.48. The molecule has 2 saturated heterocycles. The van der Waals surface area contributed by atoms with E-state index in [9.17, 15) is 24.6 Å². The van der Waals surface area contributed by atoms with Crippen molar-refractivity contribution in [3.8, 4) is 17.2 Å². The summed E-state index contributed by atoms with van der Waals surface area (Å²) in [6.07, 6.45) is -1.28. The van der Waals surface area contributed by atoms with Gasteiger partial charge in [-0.05, 0) is 50.6 Å². The largest absolute Gasteiger partial charge is 0.507 e. The first kappa shape index (κ1) is 24.2. The predicted molar refractivity (Wildman–Crippen MR) is 145 cm³/mol. The van der Waals surface area contributed by atoms with Crippen molar-refractivity contribution in [1.29, 1.82) is 0 Å². The number of hydrogen-bond acceptors (Lipinski definition) is 9. The van der Waals surface area contributed by atoms with Crippen molar-refractivity contribution in [2.24, 2.45) is 5.92 Å². The van der Waals surface area contributed by atoms with Gasteiger partial charge in [0.1, 0.15) is 34.0 Å². The van der Waals surface area contributed by atoms with Crippen molar-refractivity contribution in [2.45, 2.75) is 49.8 Å². The number of carbonyl (C=O) groups is 3. The summed E-state index contributed by atoms with van der Waals surface area (Å²) in [4.78, 5) is 42.1. The molecule has 2 N–H and O–H groups in total. The molecule has 0 unspecified atom stereocenters. The number of carbonyl (C=O) groups excluding carboxylic acids is 3. The number of ether oxygens (including phenoxy) is 4. The molecule has 9 heteroatoms. The smallest absolute Gasteiger partial charge is 0.253 e. The lowest BCUT2D eigenvalue weighted by Crippen LogP contribution is -2.60. The van der Waals surface area contributed by atoms with E-state index in [-0.39, 0.29) is 56.4 Å². The Morgan fingerprint density at radius 2 is 1.69 bits per heavy atom. The van der Waals surface area contributed by atoms with E-state index in [0.29, 0.717) is 22.4 Å². The van der Waals surface area contributed by atoms with Crippen molar-refractivity contribution in [1.82, 2.24) is 0 Å². The monoisotopic (exact) mass is 564 g/mol. The first-order valence-electron chi connectivity index (χ1n) is 13.8. The number of fused-ring (bicyclic) bond motifs is 7. The Bertz CT molecular complexity index is 1950. The summed E-state index contributed by atoms with van der Waals surface area (Å²) in [6.45, 7) is 5.48. The molecule has 3 aliphatic carbocycles. The van der Waals surface area contributed by atoms with E-state index in [2.05, 4.69) is 0 Å². The molecular weight excluding hydrogens is 540 g/mol. The second-order valence-electron chi connectivity index (χ2n) is 12.2. The van der Waals surface area contributed by atoms with Crippen molar-refractivity contribution in [2.75, 3.05) is 7.11 Å². The molecule has 1 spiro atoms. The Hall–Kier alpha value is -4.47. The number of Topliss-reactive ketones (excluding diaryl/α,β-unsaturated/α-hetero) is 1. The molecule has 1 saturated carbocycles. The molecule has 6 aliphatic rings. The lowest BCUT2D eigenvalue weighted by atomic mass is 9.50. The highest BCUT2D eigenvalue weighted by Gasteiger charge is 2.87. The fraction of sp³-hybridized carbons (Fsp3) is 0.303. The van der Waals surface area contributed by atoms with Gasteiger partial charge in [-0.15, -0.1) is 0 Å². The van der Waals surface area contributed by atoms with Crippen LogP contribution in [0, 0.1) is 12.8 Å². The highest BCUT2D eigenvalue weighted by Crippen LogP contribution is 2.77. The Kier molecular flexibility index (Phi) is 3.99. The Balaban J connectivity index is 1.42. The van der Waals surface area contributed by atoms with Gasteiger partial charge in [0.2, 0.25) is 5.78 Å². The number of ketones is 3. The Labute approximate surface area is 239 Å². The zero-order valence-corrected chi connectivity index (χ0v) is 23.0. The van der Waals surface area contributed by atoms with Crippen LogP contribution in [-0.2, 0) is 25.5 Å². The summed E-state index contributed by atoms with van der Waals surface area (Å²) in [5.74, 6) is -3.71.